The van der Waals surface area contributed by atoms with E-state index in [0.29, 0.717) is 0 Å². The summed E-state index contributed by atoms with van der Waals surface area (Å²) in [5, 5.41) is 8.69. The Hall–Kier alpha value is -1.74. The zero-order valence-electron chi connectivity index (χ0n) is 8.00. The molecule has 0 aliphatic rings. The smallest absolute Gasteiger partial charge is 0.269 e. The Morgan fingerprint density at radius 1 is 1.67 bits per heavy atom. The number of nitriles is 1. The van der Waals surface area contributed by atoms with E-state index in [0.717, 1.165) is 0 Å². The molecule has 1 heterocycles. The molecule has 0 unspecified atom stereocenters. The SMILES string of the molecule is COc1ncc(C#N)c(CN)c1C(F)F. The van der Waals surface area contributed by atoms with Crippen LogP contribution in [0.5, 0.6) is 5.88 Å². The topological polar surface area (TPSA) is 71.9 Å². The minimum absolute atomic E-state index is 0.0496. The molecule has 0 aliphatic carbocycles. The highest BCUT2D eigenvalue weighted by Gasteiger charge is 2.22. The zero-order chi connectivity index (χ0) is 11.4. The molecule has 0 atom stereocenters. The molecule has 0 amide bonds. The lowest BCUT2D eigenvalue weighted by molar-refractivity contribution is 0.144. The van der Waals surface area contributed by atoms with Crippen LogP contribution in [0.4, 0.5) is 8.78 Å². The van der Waals surface area contributed by atoms with E-state index < -0.39 is 12.0 Å². The van der Waals surface area contributed by atoms with Crippen molar-refractivity contribution in [2.45, 2.75) is 13.0 Å². The molecule has 0 spiro atoms. The number of hydrogen-bond acceptors (Lipinski definition) is 4. The standard InChI is InChI=1S/C9H9F2N3O/c1-15-9-7(8(10)11)6(3-13)5(2-12)4-14-9/h4,8H,3,13H2,1H3. The first kappa shape index (κ1) is 11.3. The van der Waals surface area contributed by atoms with Crippen molar-refractivity contribution in [3.8, 4) is 11.9 Å². The number of ether oxygens (including phenoxy) is 1. The van der Waals surface area contributed by atoms with Gasteiger partial charge in [-0.05, 0) is 5.56 Å². The Balaban J connectivity index is 3.46. The van der Waals surface area contributed by atoms with Crippen LogP contribution in [0.1, 0.15) is 23.1 Å². The van der Waals surface area contributed by atoms with Gasteiger partial charge in [0.2, 0.25) is 5.88 Å². The minimum Gasteiger partial charge on any atom is -0.481 e. The van der Waals surface area contributed by atoms with E-state index in [4.69, 9.17) is 15.7 Å². The summed E-state index contributed by atoms with van der Waals surface area (Å²) in [6.07, 6.45) is -1.59. The van der Waals surface area contributed by atoms with Crippen LogP contribution in [0.2, 0.25) is 0 Å². The monoisotopic (exact) mass is 213 g/mol. The quantitative estimate of drug-likeness (QED) is 0.822. The van der Waals surface area contributed by atoms with Crippen molar-refractivity contribution >= 4 is 0 Å². The van der Waals surface area contributed by atoms with Crippen LogP contribution in [0.25, 0.3) is 0 Å². The number of pyridine rings is 1. The van der Waals surface area contributed by atoms with Gasteiger partial charge >= 0.3 is 0 Å². The van der Waals surface area contributed by atoms with Crippen LogP contribution < -0.4 is 10.5 Å². The van der Waals surface area contributed by atoms with Gasteiger partial charge in [0.25, 0.3) is 6.43 Å². The Morgan fingerprint density at radius 3 is 2.73 bits per heavy atom. The second kappa shape index (κ2) is 4.66. The average molecular weight is 213 g/mol. The Morgan fingerprint density at radius 2 is 2.33 bits per heavy atom. The summed E-state index contributed by atoms with van der Waals surface area (Å²) >= 11 is 0. The summed E-state index contributed by atoms with van der Waals surface area (Å²) < 4.78 is 30.1. The fourth-order valence-corrected chi connectivity index (χ4v) is 1.25. The van der Waals surface area contributed by atoms with Crippen molar-refractivity contribution in [2.24, 2.45) is 5.73 Å². The van der Waals surface area contributed by atoms with E-state index in [-0.39, 0.29) is 23.6 Å². The molecule has 15 heavy (non-hydrogen) atoms. The molecular weight excluding hydrogens is 204 g/mol. The van der Waals surface area contributed by atoms with Gasteiger partial charge in [0.15, 0.2) is 0 Å². The van der Waals surface area contributed by atoms with Crippen molar-refractivity contribution in [1.82, 2.24) is 4.98 Å². The molecule has 0 fully saturated rings. The molecule has 80 valence electrons. The van der Waals surface area contributed by atoms with Crippen molar-refractivity contribution in [3.63, 3.8) is 0 Å². The van der Waals surface area contributed by atoms with Crippen LogP contribution in [-0.2, 0) is 6.54 Å². The number of nitrogens with zero attached hydrogens (tertiary/aromatic N) is 2. The maximum atomic E-state index is 12.7. The van der Waals surface area contributed by atoms with Gasteiger partial charge < -0.3 is 10.5 Å². The number of rotatable bonds is 3. The predicted molar refractivity (Wildman–Crippen MR) is 48.4 cm³/mol. The van der Waals surface area contributed by atoms with Crippen LogP contribution in [0.3, 0.4) is 0 Å². The van der Waals surface area contributed by atoms with Gasteiger partial charge in [-0.25, -0.2) is 13.8 Å². The second-order valence-electron chi connectivity index (χ2n) is 2.69. The number of aromatic nitrogens is 1. The van der Waals surface area contributed by atoms with E-state index in [1.54, 1.807) is 6.07 Å². The number of methoxy groups -OCH3 is 1. The lowest BCUT2D eigenvalue weighted by atomic mass is 10.1. The Labute approximate surface area is 85.3 Å². The lowest BCUT2D eigenvalue weighted by Crippen LogP contribution is -2.08. The first-order valence-corrected chi connectivity index (χ1v) is 4.09. The van der Waals surface area contributed by atoms with Gasteiger partial charge in [0.05, 0.1) is 18.2 Å². The van der Waals surface area contributed by atoms with Gasteiger partial charge in [-0.15, -0.1) is 0 Å². The summed E-state index contributed by atoms with van der Waals surface area (Å²) in [6, 6.07) is 1.76. The minimum atomic E-state index is -2.76. The molecule has 0 bridgehead atoms. The van der Waals surface area contributed by atoms with E-state index >= 15 is 0 Å². The van der Waals surface area contributed by atoms with Crippen LogP contribution in [-0.4, -0.2) is 12.1 Å². The van der Waals surface area contributed by atoms with Gasteiger partial charge in [-0.2, -0.15) is 5.26 Å². The number of hydrogen-bond donors (Lipinski definition) is 1. The van der Waals surface area contributed by atoms with Gasteiger partial charge in [0.1, 0.15) is 6.07 Å². The molecule has 1 rings (SSSR count). The molecule has 0 saturated carbocycles. The van der Waals surface area contributed by atoms with E-state index in [2.05, 4.69) is 4.98 Å². The molecule has 1 aromatic rings. The Bertz CT molecular complexity index is 401. The third kappa shape index (κ3) is 2.02. The van der Waals surface area contributed by atoms with Crippen molar-refractivity contribution in [1.29, 1.82) is 5.26 Å². The first-order valence-electron chi connectivity index (χ1n) is 4.09. The lowest BCUT2D eigenvalue weighted by Gasteiger charge is -2.11. The molecule has 0 saturated heterocycles. The second-order valence-corrected chi connectivity index (χ2v) is 2.69. The Kier molecular flexibility index (Phi) is 3.52. The van der Waals surface area contributed by atoms with Gasteiger partial charge in [-0.1, -0.05) is 0 Å². The summed E-state index contributed by atoms with van der Waals surface area (Å²) in [4.78, 5) is 3.62. The largest absolute Gasteiger partial charge is 0.481 e. The normalized spacial score (nSPS) is 10.1. The molecule has 0 aromatic carbocycles. The highest BCUT2D eigenvalue weighted by Crippen LogP contribution is 2.31. The van der Waals surface area contributed by atoms with Crippen LogP contribution in [0, 0.1) is 11.3 Å². The summed E-state index contributed by atoms with van der Waals surface area (Å²) in [7, 11) is 1.24. The number of nitrogens with two attached hydrogens (primary N) is 1. The molecule has 0 aliphatic heterocycles. The van der Waals surface area contributed by atoms with Crippen molar-refractivity contribution < 1.29 is 13.5 Å². The summed E-state index contributed by atoms with van der Waals surface area (Å²) in [5.41, 5.74) is 5.05. The number of halogens is 2. The number of alkyl halides is 2. The highest BCUT2D eigenvalue weighted by atomic mass is 19.3. The van der Waals surface area contributed by atoms with E-state index in [1.807, 2.05) is 0 Å². The van der Waals surface area contributed by atoms with E-state index in [1.165, 1.54) is 13.3 Å². The van der Waals surface area contributed by atoms with Gasteiger partial charge in [0, 0.05) is 12.7 Å². The maximum absolute atomic E-state index is 12.7. The van der Waals surface area contributed by atoms with E-state index in [9.17, 15) is 8.78 Å². The molecular formula is C9H9F2N3O. The summed E-state index contributed by atoms with van der Waals surface area (Å²) in [6.45, 7) is -0.151. The van der Waals surface area contributed by atoms with Crippen LogP contribution in [0.15, 0.2) is 6.20 Å². The van der Waals surface area contributed by atoms with Crippen molar-refractivity contribution in [3.05, 3.63) is 22.9 Å². The molecule has 4 nitrogen and oxygen atoms in total. The fraction of sp³-hybridized carbons (Fsp3) is 0.333. The molecule has 2 N–H and O–H groups in total. The molecule has 6 heteroatoms. The van der Waals surface area contributed by atoms with Crippen molar-refractivity contribution in [2.75, 3.05) is 7.11 Å². The van der Waals surface area contributed by atoms with Gasteiger partial charge in [-0.3, -0.25) is 0 Å². The van der Waals surface area contributed by atoms with Crippen LogP contribution >= 0.6 is 0 Å². The molecule has 0 radical (unpaired) electrons. The zero-order valence-corrected chi connectivity index (χ0v) is 8.00. The predicted octanol–water partition coefficient (Wildman–Crippen LogP) is 1.36. The fourth-order valence-electron chi connectivity index (χ4n) is 1.25. The summed E-state index contributed by atoms with van der Waals surface area (Å²) in [5.74, 6) is -0.190. The highest BCUT2D eigenvalue weighted by molar-refractivity contribution is 5.46. The first-order chi connectivity index (χ1) is 7.15. The molecule has 1 aromatic heterocycles. The average Bonchev–Trinajstić information content (AvgIpc) is 2.26. The third-order valence-electron chi connectivity index (χ3n) is 1.93. The third-order valence-corrected chi connectivity index (χ3v) is 1.93. The maximum Gasteiger partial charge on any atom is 0.269 e.